The molecule has 5 aromatic rings. The number of rotatable bonds is 6. The molecule has 0 spiro atoms. The first-order chi connectivity index (χ1) is 27.9. The number of allylic oxidation sites excluding steroid dienone is 9. The highest BCUT2D eigenvalue weighted by Gasteiger charge is 2.31. The zero-order chi connectivity index (χ0) is 38.9. The van der Waals surface area contributed by atoms with Crippen molar-refractivity contribution in [2.75, 3.05) is 7.05 Å². The smallest absolute Gasteiger partial charge is 0.122 e. The Labute approximate surface area is 339 Å². The zero-order valence-electron chi connectivity index (χ0n) is 31.1. The number of nitrogens with one attached hydrogen (secondary N) is 3. The molecule has 4 heterocycles. The van der Waals surface area contributed by atoms with Gasteiger partial charge < -0.3 is 0 Å². The number of nitrogens with zero attached hydrogens (tertiary/aromatic N) is 5. The summed E-state index contributed by atoms with van der Waals surface area (Å²) in [6, 6.07) is 25.9. The molecule has 0 bridgehead atoms. The molecule has 3 aromatic carbocycles. The Bertz CT molecular complexity index is 2800. The summed E-state index contributed by atoms with van der Waals surface area (Å²) in [7, 11) is 1.73. The lowest BCUT2D eigenvalue weighted by atomic mass is 9.75. The molecule has 0 radical (unpaired) electrons. The Balaban J connectivity index is 0.885. The first-order valence-corrected chi connectivity index (χ1v) is 20.6. The van der Waals surface area contributed by atoms with Crippen molar-refractivity contribution in [3.8, 4) is 0 Å². The van der Waals surface area contributed by atoms with E-state index in [0.29, 0.717) is 33.6 Å². The molecule has 9 rings (SSSR count). The summed E-state index contributed by atoms with van der Waals surface area (Å²) in [6.07, 6.45) is 24.7. The van der Waals surface area contributed by atoms with E-state index in [1.807, 2.05) is 54.6 Å². The molecule has 0 saturated heterocycles. The molecule has 4 unspecified atom stereocenters. The summed E-state index contributed by atoms with van der Waals surface area (Å²) in [5.41, 5.74) is 6.57. The number of benzene rings is 3. The molecule has 57 heavy (non-hydrogen) atoms. The van der Waals surface area contributed by atoms with E-state index < -0.39 is 0 Å². The fourth-order valence-corrected chi connectivity index (χ4v) is 9.29. The van der Waals surface area contributed by atoms with E-state index in [2.05, 4.69) is 96.1 Å². The Kier molecular flexibility index (Phi) is 10.1. The quantitative estimate of drug-likeness (QED) is 0.0898. The monoisotopic (exact) mass is 778 g/mol. The van der Waals surface area contributed by atoms with Gasteiger partial charge >= 0.3 is 0 Å². The SMILES string of the molecule is C/N=C(\SC(=N)C1CC=CC(c2cccc3ccccc23)=N1)c1ccc2c(ccc3nc(C(=N)SC(=N)C4=NC(C5C=CC=C6C=CC=CC65)CC=C4)ccc32)n1. The maximum atomic E-state index is 9.04. The number of aliphatic imine (C=N–C) groups is 3. The molecule has 2 aliphatic carbocycles. The van der Waals surface area contributed by atoms with Gasteiger partial charge in [0.25, 0.3) is 0 Å². The van der Waals surface area contributed by atoms with Crippen LogP contribution in [-0.2, 0) is 0 Å². The molecule has 0 saturated carbocycles. The maximum Gasteiger partial charge on any atom is 0.122 e. The highest BCUT2D eigenvalue weighted by molar-refractivity contribution is 8.28. The van der Waals surface area contributed by atoms with Gasteiger partial charge in [0, 0.05) is 35.2 Å². The van der Waals surface area contributed by atoms with Crippen LogP contribution in [0.15, 0.2) is 166 Å². The van der Waals surface area contributed by atoms with Crippen molar-refractivity contribution in [1.29, 1.82) is 16.2 Å². The molecular weight excluding hydrogens is 741 g/mol. The van der Waals surface area contributed by atoms with Crippen LogP contribution < -0.4 is 0 Å². The number of fused-ring (bicyclic) bond motifs is 5. The number of thioether (sulfide) groups is 2. The van der Waals surface area contributed by atoms with E-state index in [9.17, 15) is 0 Å². The number of dihydropyridines is 2. The van der Waals surface area contributed by atoms with Gasteiger partial charge in [-0.25, -0.2) is 9.97 Å². The predicted octanol–water partition coefficient (Wildman–Crippen LogP) is 10.5. The summed E-state index contributed by atoms with van der Waals surface area (Å²) in [6.45, 7) is 0. The van der Waals surface area contributed by atoms with Crippen LogP contribution in [0.4, 0.5) is 0 Å². The van der Waals surface area contributed by atoms with E-state index >= 15 is 0 Å². The average molecular weight is 779 g/mol. The summed E-state index contributed by atoms with van der Waals surface area (Å²) >= 11 is 2.38. The molecule has 3 N–H and O–H groups in total. The van der Waals surface area contributed by atoms with Gasteiger partial charge in [-0.1, -0.05) is 109 Å². The van der Waals surface area contributed by atoms with Crippen molar-refractivity contribution in [3.63, 3.8) is 0 Å². The summed E-state index contributed by atoms with van der Waals surface area (Å²) in [4.78, 5) is 24.4. The van der Waals surface area contributed by atoms with Gasteiger partial charge in [0.2, 0.25) is 0 Å². The molecule has 2 aliphatic heterocycles. The van der Waals surface area contributed by atoms with Crippen LogP contribution in [0.5, 0.6) is 0 Å². The van der Waals surface area contributed by atoms with Gasteiger partial charge in [-0.15, -0.1) is 0 Å². The summed E-state index contributed by atoms with van der Waals surface area (Å²) in [5.74, 6) is 0.510. The Morgan fingerprint density at radius 3 is 2.30 bits per heavy atom. The van der Waals surface area contributed by atoms with Crippen molar-refractivity contribution in [3.05, 3.63) is 168 Å². The summed E-state index contributed by atoms with van der Waals surface area (Å²) in [5, 5.41) is 32.5. The maximum absolute atomic E-state index is 9.04. The van der Waals surface area contributed by atoms with Crippen molar-refractivity contribution >= 4 is 87.7 Å². The highest BCUT2D eigenvalue weighted by Crippen LogP contribution is 2.36. The highest BCUT2D eigenvalue weighted by atomic mass is 32.2. The molecule has 0 amide bonds. The first-order valence-electron chi connectivity index (χ1n) is 18.9. The van der Waals surface area contributed by atoms with Crippen molar-refractivity contribution < 1.29 is 0 Å². The lowest BCUT2D eigenvalue weighted by Crippen LogP contribution is -2.30. The van der Waals surface area contributed by atoms with Crippen LogP contribution in [0.25, 0.3) is 32.6 Å². The Morgan fingerprint density at radius 1 is 0.684 bits per heavy atom. The lowest BCUT2D eigenvalue weighted by molar-refractivity contribution is 0.433. The minimum absolute atomic E-state index is 0.0332. The molecule has 10 heteroatoms. The topological polar surface area (TPSA) is 134 Å². The van der Waals surface area contributed by atoms with Gasteiger partial charge in [-0.05, 0) is 89.5 Å². The van der Waals surface area contributed by atoms with Crippen molar-refractivity contribution in [1.82, 2.24) is 9.97 Å². The molecule has 4 atom stereocenters. The molecule has 8 nitrogen and oxygen atoms in total. The van der Waals surface area contributed by atoms with Gasteiger partial charge in [-0.2, -0.15) is 0 Å². The second kappa shape index (κ2) is 15.8. The fraction of sp³-hybridized carbons (Fsp3) is 0.149. The van der Waals surface area contributed by atoms with Crippen molar-refractivity contribution in [2.45, 2.75) is 24.9 Å². The minimum Gasteiger partial charge on any atom is -0.296 e. The zero-order valence-corrected chi connectivity index (χ0v) is 32.8. The third-order valence-corrected chi connectivity index (χ3v) is 12.6. The van der Waals surface area contributed by atoms with E-state index in [0.717, 1.165) is 62.0 Å². The largest absolute Gasteiger partial charge is 0.296 e. The van der Waals surface area contributed by atoms with E-state index in [4.69, 9.17) is 36.2 Å². The van der Waals surface area contributed by atoms with Crippen LogP contribution >= 0.6 is 23.5 Å². The predicted molar refractivity (Wildman–Crippen MR) is 242 cm³/mol. The van der Waals surface area contributed by atoms with Gasteiger partial charge in [0.1, 0.15) is 21.2 Å². The van der Waals surface area contributed by atoms with Crippen LogP contribution in [-0.4, -0.2) is 60.7 Å². The van der Waals surface area contributed by atoms with Gasteiger partial charge in [0.05, 0.1) is 44.9 Å². The molecule has 4 aliphatic rings. The van der Waals surface area contributed by atoms with Crippen LogP contribution in [0.3, 0.4) is 0 Å². The van der Waals surface area contributed by atoms with Crippen LogP contribution in [0, 0.1) is 28.1 Å². The average Bonchev–Trinajstić information content (AvgIpc) is 3.27. The Hall–Kier alpha value is -6.10. The van der Waals surface area contributed by atoms with Gasteiger partial charge in [-0.3, -0.25) is 31.2 Å². The first kappa shape index (κ1) is 36.5. The molecule has 2 aromatic heterocycles. The number of pyridine rings is 2. The molecule has 278 valence electrons. The lowest BCUT2D eigenvalue weighted by Gasteiger charge is -2.32. The second-order valence-corrected chi connectivity index (χ2v) is 16.2. The fourth-order valence-electron chi connectivity index (χ4n) is 7.84. The molecule has 0 fully saturated rings. The third kappa shape index (κ3) is 7.34. The van der Waals surface area contributed by atoms with E-state index in [1.54, 1.807) is 7.05 Å². The van der Waals surface area contributed by atoms with E-state index in [1.165, 1.54) is 17.3 Å². The van der Waals surface area contributed by atoms with Crippen LogP contribution in [0.2, 0.25) is 0 Å². The van der Waals surface area contributed by atoms with Crippen LogP contribution in [0.1, 0.15) is 29.8 Å². The van der Waals surface area contributed by atoms with E-state index in [-0.39, 0.29) is 34.0 Å². The number of hydrogen-bond acceptors (Lipinski definition) is 10. The standard InChI is InChI=1S/C47H38N8S2/c1-51-47(57-46(50)41-21-9-19-37(53-41)33-17-7-13-29-11-3-5-15-31(29)33)43-25-23-35-34-22-24-42(54-38(34)26-27-39(35)55-43)45(49)56-44(48)40-20-8-18-36(52-40)32-16-6-12-28-10-2-4-14-30(28)32/h2-17,19-20,22-27,30,32,36,41,48-50H,18,21H2,1H3/b48-44?,49-45?,50-46?,51-47-. The van der Waals surface area contributed by atoms with Gasteiger partial charge in [0.15, 0.2) is 0 Å². The second-order valence-electron chi connectivity index (χ2n) is 14.2. The minimum atomic E-state index is -0.308. The summed E-state index contributed by atoms with van der Waals surface area (Å²) < 4.78 is 0. The number of aromatic nitrogens is 2. The third-order valence-electron chi connectivity index (χ3n) is 10.7. The number of hydrogen-bond donors (Lipinski definition) is 3. The Morgan fingerprint density at radius 2 is 1.46 bits per heavy atom. The normalized spacial score (nSPS) is 21.4. The van der Waals surface area contributed by atoms with Crippen molar-refractivity contribution in [2.24, 2.45) is 26.8 Å². The molecular formula is C47H38N8S2.